The summed E-state index contributed by atoms with van der Waals surface area (Å²) in [5.74, 6) is 0. The molecule has 0 spiro atoms. The Morgan fingerprint density at radius 1 is 0.471 bits per heavy atom. The highest BCUT2D eigenvalue weighted by atomic mass is 14.2. The first-order valence-electron chi connectivity index (χ1n) is 12.7. The zero-order chi connectivity index (χ0) is 22.9. The summed E-state index contributed by atoms with van der Waals surface area (Å²) in [6.07, 6.45) is 6.36. The van der Waals surface area contributed by atoms with Crippen molar-refractivity contribution >= 4 is 43.1 Å². The molecule has 0 aliphatic rings. The lowest BCUT2D eigenvalue weighted by Crippen LogP contribution is -1.90. The second-order valence-corrected chi connectivity index (χ2v) is 9.60. The number of aryl methyl sites for hydroxylation is 1. The van der Waals surface area contributed by atoms with Crippen molar-refractivity contribution in [2.45, 2.75) is 39.0 Å². The Hall–Kier alpha value is -3.64. The Kier molecular flexibility index (Phi) is 5.51. The van der Waals surface area contributed by atoms with Crippen molar-refractivity contribution in [1.82, 2.24) is 0 Å². The molecule has 0 saturated heterocycles. The third kappa shape index (κ3) is 3.84. The zero-order valence-electron chi connectivity index (χ0n) is 19.9. The van der Waals surface area contributed by atoms with Crippen LogP contribution in [-0.2, 0) is 6.42 Å². The normalized spacial score (nSPS) is 11.7. The standard InChI is InChI=1S/C34H30/c1-2-3-4-5-11-24-12-10-17-29(18-24)31-23-30-19-25-13-6-7-14-26(25)20-32(30)34-22-28-16-9-8-15-27(28)21-33(31)34/h6-10,12-23H,2-5,11H2,1H3. The molecule has 0 fully saturated rings. The van der Waals surface area contributed by atoms with Gasteiger partial charge in [-0.15, -0.1) is 0 Å². The molecule has 6 aromatic rings. The molecule has 6 rings (SSSR count). The van der Waals surface area contributed by atoms with E-state index in [4.69, 9.17) is 0 Å². The summed E-state index contributed by atoms with van der Waals surface area (Å²) in [6, 6.07) is 38.6. The fourth-order valence-electron chi connectivity index (χ4n) is 5.42. The predicted molar refractivity (Wildman–Crippen MR) is 150 cm³/mol. The molecule has 0 aromatic heterocycles. The smallest absolute Gasteiger partial charge is 0.00926 e. The summed E-state index contributed by atoms with van der Waals surface area (Å²) in [5, 5.41) is 10.5. The van der Waals surface area contributed by atoms with E-state index in [0.29, 0.717) is 0 Å². The molecule has 6 aromatic carbocycles. The summed E-state index contributed by atoms with van der Waals surface area (Å²) in [7, 11) is 0. The van der Waals surface area contributed by atoms with Crippen molar-refractivity contribution in [1.29, 1.82) is 0 Å². The lowest BCUT2D eigenvalue weighted by molar-refractivity contribution is 0.667. The summed E-state index contributed by atoms with van der Waals surface area (Å²) < 4.78 is 0. The van der Waals surface area contributed by atoms with Crippen LogP contribution in [-0.4, -0.2) is 0 Å². The highest BCUT2D eigenvalue weighted by molar-refractivity contribution is 6.19. The Balaban J connectivity index is 1.59. The Morgan fingerprint density at radius 2 is 1.12 bits per heavy atom. The monoisotopic (exact) mass is 438 g/mol. The van der Waals surface area contributed by atoms with E-state index in [1.807, 2.05) is 0 Å². The maximum absolute atomic E-state index is 2.42. The van der Waals surface area contributed by atoms with Crippen molar-refractivity contribution in [2.24, 2.45) is 0 Å². The fourth-order valence-corrected chi connectivity index (χ4v) is 5.42. The molecule has 0 aliphatic carbocycles. The Labute approximate surface area is 201 Å². The molecule has 166 valence electrons. The van der Waals surface area contributed by atoms with Gasteiger partial charge in [0.15, 0.2) is 0 Å². The molecule has 0 saturated carbocycles. The highest BCUT2D eigenvalue weighted by Crippen LogP contribution is 2.39. The molecule has 0 N–H and O–H groups in total. The topological polar surface area (TPSA) is 0 Å². The van der Waals surface area contributed by atoms with Gasteiger partial charge in [0.1, 0.15) is 0 Å². The minimum atomic E-state index is 1.16. The summed E-state index contributed by atoms with van der Waals surface area (Å²) >= 11 is 0. The number of benzene rings is 6. The maximum Gasteiger partial charge on any atom is -0.00926 e. The van der Waals surface area contributed by atoms with Gasteiger partial charge in [-0.25, -0.2) is 0 Å². The van der Waals surface area contributed by atoms with E-state index in [-0.39, 0.29) is 0 Å². The molecular weight excluding hydrogens is 408 g/mol. The van der Waals surface area contributed by atoms with Crippen LogP contribution in [0.4, 0.5) is 0 Å². The molecule has 0 nitrogen and oxygen atoms in total. The van der Waals surface area contributed by atoms with Crippen molar-refractivity contribution in [3.05, 3.63) is 109 Å². The lowest BCUT2D eigenvalue weighted by Gasteiger charge is -2.14. The van der Waals surface area contributed by atoms with Crippen LogP contribution >= 0.6 is 0 Å². The van der Waals surface area contributed by atoms with Gasteiger partial charge in [-0.3, -0.25) is 0 Å². The van der Waals surface area contributed by atoms with Gasteiger partial charge in [-0.2, -0.15) is 0 Å². The third-order valence-corrected chi connectivity index (χ3v) is 7.24. The van der Waals surface area contributed by atoms with Gasteiger partial charge in [-0.05, 0) is 103 Å². The van der Waals surface area contributed by atoms with Gasteiger partial charge in [0.25, 0.3) is 0 Å². The first-order valence-corrected chi connectivity index (χ1v) is 12.7. The van der Waals surface area contributed by atoms with Crippen LogP contribution in [0.5, 0.6) is 0 Å². The zero-order valence-corrected chi connectivity index (χ0v) is 19.9. The SMILES string of the molecule is CCCCCCc1cccc(-c2cc3cc4ccccc4cc3c3cc4ccccc4cc23)c1. The van der Waals surface area contributed by atoms with Crippen molar-refractivity contribution in [3.8, 4) is 11.1 Å². The van der Waals surface area contributed by atoms with E-state index in [9.17, 15) is 0 Å². The third-order valence-electron chi connectivity index (χ3n) is 7.24. The number of fused-ring (bicyclic) bond motifs is 5. The molecule has 0 atom stereocenters. The van der Waals surface area contributed by atoms with E-state index in [1.54, 1.807) is 0 Å². The number of rotatable bonds is 6. The minimum absolute atomic E-state index is 1.16. The molecule has 0 heterocycles. The highest BCUT2D eigenvalue weighted by Gasteiger charge is 2.12. The molecule has 0 aliphatic heterocycles. The van der Waals surface area contributed by atoms with E-state index < -0.39 is 0 Å². The molecule has 0 amide bonds. The summed E-state index contributed by atoms with van der Waals surface area (Å²) in [5.41, 5.74) is 4.10. The molecule has 0 radical (unpaired) electrons. The number of hydrogen-bond donors (Lipinski definition) is 0. The van der Waals surface area contributed by atoms with Gasteiger partial charge in [0.05, 0.1) is 0 Å². The number of hydrogen-bond acceptors (Lipinski definition) is 0. The largest absolute Gasteiger partial charge is 0.0654 e. The van der Waals surface area contributed by atoms with Gasteiger partial charge in [0, 0.05) is 0 Å². The summed E-state index contributed by atoms with van der Waals surface area (Å²) in [4.78, 5) is 0. The predicted octanol–water partition coefficient (Wildman–Crippen LogP) is 10.1. The second-order valence-electron chi connectivity index (χ2n) is 9.60. The van der Waals surface area contributed by atoms with Crippen LogP contribution in [0.1, 0.15) is 38.2 Å². The molecule has 0 unspecified atom stereocenters. The fraction of sp³-hybridized carbons (Fsp3) is 0.176. The molecule has 0 bridgehead atoms. The number of unbranched alkanes of at least 4 members (excludes halogenated alkanes) is 3. The molecular formula is C34H30. The first-order chi connectivity index (χ1) is 16.8. The van der Waals surface area contributed by atoms with Crippen LogP contribution in [0.15, 0.2) is 103 Å². The van der Waals surface area contributed by atoms with E-state index in [2.05, 4.69) is 110 Å². The van der Waals surface area contributed by atoms with Crippen molar-refractivity contribution in [2.75, 3.05) is 0 Å². The average Bonchev–Trinajstić information content (AvgIpc) is 2.89. The molecule has 34 heavy (non-hydrogen) atoms. The van der Waals surface area contributed by atoms with E-state index in [0.717, 1.165) is 6.42 Å². The van der Waals surface area contributed by atoms with Gasteiger partial charge < -0.3 is 0 Å². The van der Waals surface area contributed by atoms with Crippen LogP contribution in [0, 0.1) is 0 Å². The second kappa shape index (κ2) is 8.95. The summed E-state index contributed by atoms with van der Waals surface area (Å²) in [6.45, 7) is 2.28. The van der Waals surface area contributed by atoms with Crippen LogP contribution < -0.4 is 0 Å². The quantitative estimate of drug-likeness (QED) is 0.138. The van der Waals surface area contributed by atoms with Gasteiger partial charge >= 0.3 is 0 Å². The van der Waals surface area contributed by atoms with Crippen molar-refractivity contribution < 1.29 is 0 Å². The van der Waals surface area contributed by atoms with Gasteiger partial charge in [0.2, 0.25) is 0 Å². The van der Waals surface area contributed by atoms with E-state index in [1.165, 1.54) is 85.5 Å². The average molecular weight is 439 g/mol. The Morgan fingerprint density at radius 3 is 1.82 bits per heavy atom. The van der Waals surface area contributed by atoms with Crippen LogP contribution in [0.25, 0.3) is 54.2 Å². The van der Waals surface area contributed by atoms with E-state index >= 15 is 0 Å². The maximum atomic E-state index is 2.42. The Bertz CT molecular complexity index is 1640. The first kappa shape index (κ1) is 20.9. The molecule has 0 heteroatoms. The van der Waals surface area contributed by atoms with Crippen LogP contribution in [0.3, 0.4) is 0 Å². The van der Waals surface area contributed by atoms with Crippen molar-refractivity contribution in [3.63, 3.8) is 0 Å². The minimum Gasteiger partial charge on any atom is -0.0654 e. The van der Waals surface area contributed by atoms with Gasteiger partial charge in [-0.1, -0.05) is 99.0 Å². The lowest BCUT2D eigenvalue weighted by atomic mass is 9.89. The van der Waals surface area contributed by atoms with Crippen LogP contribution in [0.2, 0.25) is 0 Å².